The lowest BCUT2D eigenvalue weighted by molar-refractivity contribution is -0.163. The molecule has 0 saturated carbocycles. The third-order valence-electron chi connectivity index (χ3n) is 1.82. The Hall–Kier alpha value is -1.52. The van der Waals surface area contributed by atoms with Crippen molar-refractivity contribution >= 4 is 11.6 Å². The molecule has 0 aliphatic rings. The molecule has 0 heterocycles. The Morgan fingerprint density at radius 3 is 2.47 bits per heavy atom. The summed E-state index contributed by atoms with van der Waals surface area (Å²) in [7, 11) is 0. The number of Topliss-reactive ketones (excluding diaryl/α,β-unsaturated/α-hetero) is 2. The molecule has 0 spiro atoms. The van der Waals surface area contributed by atoms with Gasteiger partial charge in [0.05, 0.1) is 6.61 Å². The minimum atomic E-state index is -1.66. The van der Waals surface area contributed by atoms with Gasteiger partial charge in [0, 0.05) is 6.92 Å². The molecule has 1 rings (SSSR count). The van der Waals surface area contributed by atoms with E-state index in [9.17, 15) is 9.59 Å². The van der Waals surface area contributed by atoms with Crippen LogP contribution in [0, 0.1) is 0 Å². The maximum atomic E-state index is 10.9. The first-order valence-corrected chi connectivity index (χ1v) is 4.49. The van der Waals surface area contributed by atoms with E-state index >= 15 is 0 Å². The predicted molar refractivity (Wildman–Crippen MR) is 52.9 cm³/mol. The van der Waals surface area contributed by atoms with Gasteiger partial charge in [0.25, 0.3) is 5.78 Å². The van der Waals surface area contributed by atoms with Crippen LogP contribution in [0.4, 0.5) is 0 Å². The summed E-state index contributed by atoms with van der Waals surface area (Å²) in [6.45, 7) is 1.19. The summed E-state index contributed by atoms with van der Waals surface area (Å²) in [5.74, 6) is -1.64. The Labute approximate surface area is 87.5 Å². The van der Waals surface area contributed by atoms with Crippen molar-refractivity contribution in [1.29, 1.82) is 0 Å². The van der Waals surface area contributed by atoms with Crippen molar-refractivity contribution in [2.45, 2.75) is 19.8 Å². The lowest BCUT2D eigenvalue weighted by Gasteiger charge is -2.08. The van der Waals surface area contributed by atoms with Gasteiger partial charge < -0.3 is 9.84 Å². The van der Waals surface area contributed by atoms with E-state index in [0.717, 1.165) is 12.5 Å². The molecule has 15 heavy (non-hydrogen) atoms. The van der Waals surface area contributed by atoms with Crippen LogP contribution in [0.1, 0.15) is 12.5 Å². The van der Waals surface area contributed by atoms with Gasteiger partial charge in [-0.25, -0.2) is 0 Å². The van der Waals surface area contributed by atoms with Crippen molar-refractivity contribution in [2.75, 3.05) is 0 Å². The number of benzene rings is 1. The van der Waals surface area contributed by atoms with Crippen molar-refractivity contribution in [3.63, 3.8) is 0 Å². The van der Waals surface area contributed by atoms with Gasteiger partial charge in [-0.3, -0.25) is 9.59 Å². The minimum Gasteiger partial charge on any atom is -0.362 e. The van der Waals surface area contributed by atoms with E-state index in [0.29, 0.717) is 0 Å². The van der Waals surface area contributed by atoms with Gasteiger partial charge in [-0.1, -0.05) is 30.3 Å². The molecule has 0 fully saturated rings. The Morgan fingerprint density at radius 1 is 1.33 bits per heavy atom. The fraction of sp³-hybridized carbons (Fsp3) is 0.273. The van der Waals surface area contributed by atoms with Gasteiger partial charge >= 0.3 is 0 Å². The first-order valence-electron chi connectivity index (χ1n) is 4.49. The van der Waals surface area contributed by atoms with E-state index < -0.39 is 17.9 Å². The maximum absolute atomic E-state index is 10.9. The number of carbonyl (C=O) groups excluding carboxylic acids is 2. The van der Waals surface area contributed by atoms with E-state index in [1.54, 1.807) is 12.1 Å². The zero-order chi connectivity index (χ0) is 11.3. The van der Waals surface area contributed by atoms with Crippen LogP contribution in [0.15, 0.2) is 30.3 Å². The van der Waals surface area contributed by atoms with Crippen LogP contribution in [0.2, 0.25) is 0 Å². The molecular weight excluding hydrogens is 196 g/mol. The number of hydrogen-bond donors (Lipinski definition) is 1. The highest BCUT2D eigenvalue weighted by atomic mass is 16.6. The number of ketones is 2. The fourth-order valence-electron chi connectivity index (χ4n) is 0.999. The third-order valence-corrected chi connectivity index (χ3v) is 1.82. The number of hydrogen-bond acceptors (Lipinski definition) is 4. The highest BCUT2D eigenvalue weighted by Crippen LogP contribution is 2.02. The van der Waals surface area contributed by atoms with Gasteiger partial charge in [-0.15, -0.1) is 0 Å². The maximum Gasteiger partial charge on any atom is 0.253 e. The molecule has 4 heteroatoms. The molecule has 0 saturated heterocycles. The molecule has 0 aromatic heterocycles. The van der Waals surface area contributed by atoms with Crippen LogP contribution in [-0.4, -0.2) is 23.0 Å². The average molecular weight is 208 g/mol. The van der Waals surface area contributed by atoms with Gasteiger partial charge in [-0.2, -0.15) is 0 Å². The molecule has 1 atom stereocenters. The molecule has 1 aromatic rings. The zero-order valence-electron chi connectivity index (χ0n) is 8.34. The quantitative estimate of drug-likeness (QED) is 0.571. The second-order valence-electron chi connectivity index (χ2n) is 3.07. The molecule has 0 aliphatic carbocycles. The standard InChI is InChI=1S/C11H12O4/c1-8(12)10(13)11(14)15-7-9-5-3-2-4-6-9/h2-6,11,14H,7H2,1H3. The van der Waals surface area contributed by atoms with Crippen LogP contribution in [-0.2, 0) is 20.9 Å². The predicted octanol–water partition coefficient (Wildman–Crippen LogP) is 0.680. The number of aliphatic hydroxyl groups excluding tert-OH is 1. The largest absolute Gasteiger partial charge is 0.362 e. The lowest BCUT2D eigenvalue weighted by atomic mass is 10.2. The van der Waals surface area contributed by atoms with Gasteiger partial charge in [0.2, 0.25) is 12.1 Å². The van der Waals surface area contributed by atoms with Crippen molar-refractivity contribution < 1.29 is 19.4 Å². The summed E-state index contributed by atoms with van der Waals surface area (Å²) in [6, 6.07) is 9.08. The van der Waals surface area contributed by atoms with Gasteiger partial charge in [-0.05, 0) is 5.56 Å². The fourth-order valence-corrected chi connectivity index (χ4v) is 0.999. The SMILES string of the molecule is CC(=O)C(=O)C(O)OCc1ccccc1. The Balaban J connectivity index is 2.44. The molecule has 0 aliphatic heterocycles. The number of aliphatic hydroxyl groups is 1. The van der Waals surface area contributed by atoms with Crippen LogP contribution < -0.4 is 0 Å². The van der Waals surface area contributed by atoms with Crippen LogP contribution in [0.5, 0.6) is 0 Å². The number of ether oxygens (including phenoxy) is 1. The molecule has 1 aromatic carbocycles. The third kappa shape index (κ3) is 3.61. The molecule has 80 valence electrons. The van der Waals surface area contributed by atoms with E-state index in [1.165, 1.54) is 0 Å². The number of carbonyl (C=O) groups is 2. The van der Waals surface area contributed by atoms with E-state index in [2.05, 4.69) is 0 Å². The summed E-state index contributed by atoms with van der Waals surface area (Å²) in [4.78, 5) is 21.5. The summed E-state index contributed by atoms with van der Waals surface area (Å²) in [5, 5.41) is 9.16. The monoisotopic (exact) mass is 208 g/mol. The summed E-state index contributed by atoms with van der Waals surface area (Å²) in [6.07, 6.45) is -1.66. The smallest absolute Gasteiger partial charge is 0.253 e. The van der Waals surface area contributed by atoms with E-state index in [4.69, 9.17) is 9.84 Å². The van der Waals surface area contributed by atoms with Crippen molar-refractivity contribution in [3.05, 3.63) is 35.9 Å². The van der Waals surface area contributed by atoms with Crippen molar-refractivity contribution in [1.82, 2.24) is 0 Å². The molecule has 4 nitrogen and oxygen atoms in total. The molecule has 0 radical (unpaired) electrons. The molecular formula is C11H12O4. The highest BCUT2D eigenvalue weighted by Gasteiger charge is 2.19. The van der Waals surface area contributed by atoms with E-state index in [-0.39, 0.29) is 6.61 Å². The first kappa shape index (κ1) is 11.6. The highest BCUT2D eigenvalue weighted by molar-refractivity contribution is 6.37. The topological polar surface area (TPSA) is 63.6 Å². The normalized spacial score (nSPS) is 12.1. The zero-order valence-corrected chi connectivity index (χ0v) is 8.34. The number of rotatable bonds is 5. The van der Waals surface area contributed by atoms with Crippen LogP contribution in [0.25, 0.3) is 0 Å². The summed E-state index contributed by atoms with van der Waals surface area (Å²) in [5.41, 5.74) is 0.827. The summed E-state index contributed by atoms with van der Waals surface area (Å²) >= 11 is 0. The molecule has 1 unspecified atom stereocenters. The average Bonchev–Trinajstić information content (AvgIpc) is 2.26. The molecule has 0 bridgehead atoms. The van der Waals surface area contributed by atoms with Gasteiger partial charge in [0.1, 0.15) is 0 Å². The Bertz CT molecular complexity index is 345. The van der Waals surface area contributed by atoms with E-state index in [1.807, 2.05) is 18.2 Å². The van der Waals surface area contributed by atoms with Crippen molar-refractivity contribution in [2.24, 2.45) is 0 Å². The van der Waals surface area contributed by atoms with Crippen molar-refractivity contribution in [3.8, 4) is 0 Å². The van der Waals surface area contributed by atoms with Crippen LogP contribution >= 0.6 is 0 Å². The summed E-state index contributed by atoms with van der Waals surface area (Å²) < 4.78 is 4.84. The lowest BCUT2D eigenvalue weighted by Crippen LogP contribution is -2.28. The van der Waals surface area contributed by atoms with Gasteiger partial charge in [0.15, 0.2) is 0 Å². The molecule has 0 amide bonds. The Kier molecular flexibility index (Phi) is 4.15. The second-order valence-corrected chi connectivity index (χ2v) is 3.07. The first-order chi connectivity index (χ1) is 7.11. The molecule has 1 N–H and O–H groups in total. The Morgan fingerprint density at radius 2 is 1.93 bits per heavy atom. The minimum absolute atomic E-state index is 0.0982. The van der Waals surface area contributed by atoms with Crippen LogP contribution in [0.3, 0.4) is 0 Å². The second kappa shape index (κ2) is 5.38.